The van der Waals surface area contributed by atoms with Crippen molar-refractivity contribution in [2.45, 2.75) is 26.3 Å². The minimum atomic E-state index is -0.182. The van der Waals surface area contributed by atoms with Crippen LogP contribution in [0.3, 0.4) is 0 Å². The molecule has 7 nitrogen and oxygen atoms in total. The summed E-state index contributed by atoms with van der Waals surface area (Å²) in [5.74, 6) is 1.15. The number of pyridine rings is 1. The van der Waals surface area contributed by atoms with Crippen molar-refractivity contribution in [2.24, 2.45) is 0 Å². The molecule has 28 heavy (non-hydrogen) atoms. The van der Waals surface area contributed by atoms with Gasteiger partial charge in [0.25, 0.3) is 5.91 Å². The van der Waals surface area contributed by atoms with Gasteiger partial charge in [0, 0.05) is 37.0 Å². The van der Waals surface area contributed by atoms with Crippen LogP contribution in [0.1, 0.15) is 36.1 Å². The van der Waals surface area contributed by atoms with Gasteiger partial charge in [0.1, 0.15) is 11.5 Å². The maximum absolute atomic E-state index is 12.5. The van der Waals surface area contributed by atoms with Crippen LogP contribution < -0.4 is 5.32 Å². The second-order valence-electron chi connectivity index (χ2n) is 6.93. The van der Waals surface area contributed by atoms with E-state index in [1.165, 1.54) is 0 Å². The molecular weight excluding hydrogens is 352 g/mol. The summed E-state index contributed by atoms with van der Waals surface area (Å²) < 4.78 is 2.17. The number of carbonyl (C=O) groups is 1. The zero-order valence-corrected chi connectivity index (χ0v) is 15.9. The number of imidazole rings is 1. The molecule has 4 aromatic rings. The highest BCUT2D eigenvalue weighted by atomic mass is 16.1. The molecule has 3 heterocycles. The molecule has 0 bridgehead atoms. The molecule has 0 fully saturated rings. The van der Waals surface area contributed by atoms with Crippen LogP contribution in [0, 0.1) is 0 Å². The van der Waals surface area contributed by atoms with E-state index in [-0.39, 0.29) is 5.91 Å². The van der Waals surface area contributed by atoms with Crippen LogP contribution in [0.2, 0.25) is 0 Å². The fourth-order valence-electron chi connectivity index (χ4n) is 3.25. The molecule has 0 atom stereocenters. The fourth-order valence-corrected chi connectivity index (χ4v) is 3.25. The summed E-state index contributed by atoms with van der Waals surface area (Å²) in [5, 5.41) is 9.96. The molecule has 0 radical (unpaired) electrons. The Kier molecular flexibility index (Phi) is 4.89. The van der Waals surface area contributed by atoms with E-state index >= 15 is 0 Å². The first kappa shape index (κ1) is 17.9. The second kappa shape index (κ2) is 7.64. The van der Waals surface area contributed by atoms with Crippen molar-refractivity contribution in [1.82, 2.24) is 30.0 Å². The maximum Gasteiger partial charge on any atom is 0.269 e. The van der Waals surface area contributed by atoms with Crippen LogP contribution in [0.5, 0.6) is 0 Å². The van der Waals surface area contributed by atoms with E-state index in [0.29, 0.717) is 30.4 Å². The van der Waals surface area contributed by atoms with Crippen molar-refractivity contribution < 1.29 is 4.79 Å². The Bertz CT molecular complexity index is 1100. The average Bonchev–Trinajstić information content (AvgIpc) is 3.34. The standard InChI is InChI=1S/C21H22N6O/c1-14(2)20-24-16-7-3-4-8-19(16)27(20)11-10-23-21(28)18-12-17(25-26-18)15-6-5-9-22-13-15/h3-9,12-14H,10-11H2,1-2H3,(H,23,28)(H,25,26). The van der Waals surface area contributed by atoms with Crippen LogP contribution in [-0.4, -0.2) is 37.2 Å². The number of carbonyl (C=O) groups excluding carboxylic acids is 1. The van der Waals surface area contributed by atoms with E-state index < -0.39 is 0 Å². The molecule has 3 aromatic heterocycles. The number of aromatic nitrogens is 5. The lowest BCUT2D eigenvalue weighted by Gasteiger charge is -2.12. The summed E-state index contributed by atoms with van der Waals surface area (Å²) in [7, 11) is 0. The Labute approximate surface area is 162 Å². The highest BCUT2D eigenvalue weighted by molar-refractivity contribution is 5.93. The predicted molar refractivity (Wildman–Crippen MR) is 108 cm³/mol. The highest BCUT2D eigenvalue weighted by Crippen LogP contribution is 2.21. The Morgan fingerprint density at radius 3 is 2.86 bits per heavy atom. The summed E-state index contributed by atoms with van der Waals surface area (Å²) >= 11 is 0. The molecule has 0 saturated heterocycles. The Hall–Kier alpha value is -3.48. The van der Waals surface area contributed by atoms with Gasteiger partial charge in [0.15, 0.2) is 0 Å². The summed E-state index contributed by atoms with van der Waals surface area (Å²) in [6, 6.07) is 13.6. The lowest BCUT2D eigenvalue weighted by atomic mass is 10.2. The third-order valence-electron chi connectivity index (χ3n) is 4.60. The first-order valence-corrected chi connectivity index (χ1v) is 9.32. The van der Waals surface area contributed by atoms with Gasteiger partial charge in [0.05, 0.1) is 16.7 Å². The first-order chi connectivity index (χ1) is 13.6. The van der Waals surface area contributed by atoms with E-state index in [1.54, 1.807) is 18.5 Å². The monoisotopic (exact) mass is 374 g/mol. The van der Waals surface area contributed by atoms with Crippen LogP contribution in [0.25, 0.3) is 22.3 Å². The van der Waals surface area contributed by atoms with Crippen LogP contribution in [0.4, 0.5) is 0 Å². The van der Waals surface area contributed by atoms with Gasteiger partial charge in [-0.05, 0) is 30.3 Å². The fraction of sp³-hybridized carbons (Fsp3) is 0.238. The summed E-state index contributed by atoms with van der Waals surface area (Å²) in [6.45, 7) is 5.41. The normalized spacial score (nSPS) is 11.2. The van der Waals surface area contributed by atoms with Gasteiger partial charge in [-0.15, -0.1) is 0 Å². The smallest absolute Gasteiger partial charge is 0.269 e. The molecule has 0 unspecified atom stereocenters. The van der Waals surface area contributed by atoms with Gasteiger partial charge in [-0.2, -0.15) is 5.10 Å². The third kappa shape index (κ3) is 3.51. The number of para-hydroxylation sites is 2. The Morgan fingerprint density at radius 1 is 1.21 bits per heavy atom. The van der Waals surface area contributed by atoms with Crippen molar-refractivity contribution >= 4 is 16.9 Å². The minimum Gasteiger partial charge on any atom is -0.349 e. The molecule has 7 heteroatoms. The molecule has 0 aliphatic rings. The van der Waals surface area contributed by atoms with E-state index in [1.807, 2.05) is 30.3 Å². The number of H-pyrrole nitrogens is 1. The summed E-state index contributed by atoms with van der Waals surface area (Å²) in [6.07, 6.45) is 3.42. The van der Waals surface area contributed by atoms with Crippen molar-refractivity contribution in [3.8, 4) is 11.3 Å². The third-order valence-corrected chi connectivity index (χ3v) is 4.60. The molecule has 2 N–H and O–H groups in total. The summed E-state index contributed by atoms with van der Waals surface area (Å²) in [5.41, 5.74) is 4.05. The number of amides is 1. The molecule has 1 aromatic carbocycles. The SMILES string of the molecule is CC(C)c1nc2ccccc2n1CCNC(=O)c1cc(-c2cccnc2)n[nH]1. The topological polar surface area (TPSA) is 88.5 Å². The number of fused-ring (bicyclic) bond motifs is 1. The largest absolute Gasteiger partial charge is 0.349 e. The maximum atomic E-state index is 12.5. The summed E-state index contributed by atoms with van der Waals surface area (Å²) in [4.78, 5) is 21.3. The van der Waals surface area contributed by atoms with Gasteiger partial charge in [-0.25, -0.2) is 4.98 Å². The van der Waals surface area contributed by atoms with Crippen LogP contribution in [0.15, 0.2) is 54.9 Å². The van der Waals surface area contributed by atoms with E-state index in [2.05, 4.69) is 45.0 Å². The van der Waals surface area contributed by atoms with E-state index in [4.69, 9.17) is 4.98 Å². The van der Waals surface area contributed by atoms with Crippen molar-refractivity contribution in [1.29, 1.82) is 0 Å². The van der Waals surface area contributed by atoms with Crippen molar-refractivity contribution in [3.05, 3.63) is 66.4 Å². The van der Waals surface area contributed by atoms with E-state index in [9.17, 15) is 4.79 Å². The Balaban J connectivity index is 1.45. The van der Waals surface area contributed by atoms with Crippen LogP contribution >= 0.6 is 0 Å². The zero-order chi connectivity index (χ0) is 19.5. The minimum absolute atomic E-state index is 0.182. The molecule has 142 valence electrons. The van der Waals surface area contributed by atoms with Gasteiger partial charge >= 0.3 is 0 Å². The van der Waals surface area contributed by atoms with Gasteiger partial charge in [0.2, 0.25) is 0 Å². The number of nitrogens with zero attached hydrogens (tertiary/aromatic N) is 4. The average molecular weight is 374 g/mol. The Morgan fingerprint density at radius 2 is 2.07 bits per heavy atom. The van der Waals surface area contributed by atoms with Gasteiger partial charge in [-0.1, -0.05) is 26.0 Å². The molecular formula is C21H22N6O. The number of nitrogens with one attached hydrogen (secondary N) is 2. The number of rotatable bonds is 6. The van der Waals surface area contributed by atoms with Crippen LogP contribution in [-0.2, 0) is 6.54 Å². The van der Waals surface area contributed by atoms with E-state index in [0.717, 1.165) is 22.4 Å². The van der Waals surface area contributed by atoms with Crippen molar-refractivity contribution in [2.75, 3.05) is 6.54 Å². The predicted octanol–water partition coefficient (Wildman–Crippen LogP) is 3.37. The quantitative estimate of drug-likeness (QED) is 0.541. The molecule has 0 aliphatic carbocycles. The molecule has 0 saturated carbocycles. The van der Waals surface area contributed by atoms with Crippen molar-refractivity contribution in [3.63, 3.8) is 0 Å². The zero-order valence-electron chi connectivity index (χ0n) is 15.9. The van der Waals surface area contributed by atoms with Gasteiger partial charge < -0.3 is 9.88 Å². The lowest BCUT2D eigenvalue weighted by molar-refractivity contribution is 0.0947. The molecule has 0 aliphatic heterocycles. The number of benzene rings is 1. The number of hydrogen-bond donors (Lipinski definition) is 2. The highest BCUT2D eigenvalue weighted by Gasteiger charge is 2.14. The van der Waals surface area contributed by atoms with Gasteiger partial charge in [-0.3, -0.25) is 14.9 Å². The first-order valence-electron chi connectivity index (χ1n) is 9.32. The lowest BCUT2D eigenvalue weighted by Crippen LogP contribution is -2.28. The second-order valence-corrected chi connectivity index (χ2v) is 6.93. The number of hydrogen-bond acceptors (Lipinski definition) is 4. The number of aromatic amines is 1. The molecule has 1 amide bonds. The molecule has 0 spiro atoms. The molecule has 4 rings (SSSR count).